The minimum absolute atomic E-state index is 0.0127. The Bertz CT molecular complexity index is 973. The predicted octanol–water partition coefficient (Wildman–Crippen LogP) is 4.08. The van der Waals surface area contributed by atoms with E-state index in [4.69, 9.17) is 16.3 Å². The van der Waals surface area contributed by atoms with Gasteiger partial charge in [-0.25, -0.2) is 4.39 Å². The number of carbonyl (C=O) groups excluding carboxylic acids is 1. The number of ether oxygens (including phenoxy) is 2. The summed E-state index contributed by atoms with van der Waals surface area (Å²) in [6.45, 7) is 1.17. The zero-order valence-electron chi connectivity index (χ0n) is 17.5. The second-order valence-electron chi connectivity index (χ2n) is 8.18. The van der Waals surface area contributed by atoms with Crippen molar-refractivity contribution in [1.29, 1.82) is 0 Å². The van der Waals surface area contributed by atoms with Crippen LogP contribution in [0.25, 0.3) is 0 Å². The Morgan fingerprint density at radius 2 is 1.97 bits per heavy atom. The number of amides is 1. The van der Waals surface area contributed by atoms with E-state index in [9.17, 15) is 22.4 Å². The number of anilines is 1. The highest BCUT2D eigenvalue weighted by Gasteiger charge is 2.41. The van der Waals surface area contributed by atoms with Crippen LogP contribution < -0.4 is 15.0 Å². The van der Waals surface area contributed by atoms with Gasteiger partial charge in [0.15, 0.2) is 6.61 Å². The summed E-state index contributed by atoms with van der Waals surface area (Å²) in [7, 11) is 0. The van der Waals surface area contributed by atoms with Crippen molar-refractivity contribution in [1.82, 2.24) is 15.1 Å². The van der Waals surface area contributed by atoms with Gasteiger partial charge < -0.3 is 15.0 Å². The molecule has 2 heterocycles. The third-order valence-electron chi connectivity index (χ3n) is 5.82. The van der Waals surface area contributed by atoms with Crippen molar-refractivity contribution in [2.75, 3.05) is 24.6 Å². The van der Waals surface area contributed by atoms with Crippen molar-refractivity contribution < 1.29 is 31.8 Å². The molecule has 2 fully saturated rings. The molecule has 180 valence electrons. The molecule has 1 aromatic heterocycles. The SMILES string of the molecule is O=C(COc1ccc(Cl)c(F)c1)NC1CCN(c2cnn(C3CC(OC(F)(F)F)C3)c2)CC1. The first kappa shape index (κ1) is 23.6. The average Bonchev–Trinajstić information content (AvgIpc) is 3.21. The molecule has 0 radical (unpaired) electrons. The fraction of sp³-hybridized carbons (Fsp3) is 0.524. The number of carbonyl (C=O) groups is 1. The smallest absolute Gasteiger partial charge is 0.484 e. The van der Waals surface area contributed by atoms with Crippen LogP contribution >= 0.6 is 11.6 Å². The molecule has 1 amide bonds. The van der Waals surface area contributed by atoms with Gasteiger partial charge in [0.05, 0.1) is 29.1 Å². The molecule has 1 aliphatic heterocycles. The number of hydrogen-bond donors (Lipinski definition) is 1. The highest BCUT2D eigenvalue weighted by Crippen LogP contribution is 2.38. The summed E-state index contributed by atoms with van der Waals surface area (Å²) in [5.41, 5.74) is 0.896. The number of halogens is 5. The van der Waals surface area contributed by atoms with Crippen LogP contribution in [0.4, 0.5) is 23.2 Å². The maximum absolute atomic E-state index is 13.4. The summed E-state index contributed by atoms with van der Waals surface area (Å²) in [4.78, 5) is 14.3. The zero-order chi connectivity index (χ0) is 23.6. The summed E-state index contributed by atoms with van der Waals surface area (Å²) in [6.07, 6.45) is 0.116. The molecule has 12 heteroatoms. The van der Waals surface area contributed by atoms with Gasteiger partial charge in [0, 0.05) is 31.4 Å². The molecule has 0 bridgehead atoms. The number of nitrogens with zero attached hydrogens (tertiary/aromatic N) is 3. The number of alkyl halides is 3. The Morgan fingerprint density at radius 1 is 1.24 bits per heavy atom. The fourth-order valence-corrected chi connectivity index (χ4v) is 4.11. The molecule has 0 unspecified atom stereocenters. The number of hydrogen-bond acceptors (Lipinski definition) is 5. The highest BCUT2D eigenvalue weighted by molar-refractivity contribution is 6.30. The molecule has 1 aliphatic carbocycles. The lowest BCUT2D eigenvalue weighted by molar-refractivity contribution is -0.353. The number of piperidine rings is 1. The number of rotatable bonds is 7. The van der Waals surface area contributed by atoms with E-state index < -0.39 is 18.3 Å². The van der Waals surface area contributed by atoms with E-state index >= 15 is 0 Å². The molecular formula is C21H23ClF4N4O3. The van der Waals surface area contributed by atoms with E-state index in [1.807, 2.05) is 6.20 Å². The summed E-state index contributed by atoms with van der Waals surface area (Å²) >= 11 is 5.62. The Balaban J connectivity index is 1.18. The van der Waals surface area contributed by atoms with Crippen molar-refractivity contribution in [3.8, 4) is 5.75 Å². The van der Waals surface area contributed by atoms with Crippen molar-refractivity contribution in [2.45, 2.75) is 50.2 Å². The molecule has 0 atom stereocenters. The first-order chi connectivity index (χ1) is 15.7. The van der Waals surface area contributed by atoms with Crippen LogP contribution in [-0.2, 0) is 9.53 Å². The van der Waals surface area contributed by atoms with Crippen LogP contribution in [0.5, 0.6) is 5.75 Å². The van der Waals surface area contributed by atoms with Crippen molar-refractivity contribution in [3.05, 3.63) is 41.4 Å². The third-order valence-corrected chi connectivity index (χ3v) is 6.12. The molecule has 2 aromatic rings. The van der Waals surface area contributed by atoms with Gasteiger partial charge in [0.25, 0.3) is 5.91 Å². The Hall–Kier alpha value is -2.53. The van der Waals surface area contributed by atoms with E-state index in [1.54, 1.807) is 10.9 Å². The van der Waals surface area contributed by atoms with Gasteiger partial charge in [0.1, 0.15) is 11.6 Å². The van der Waals surface area contributed by atoms with Gasteiger partial charge in [-0.3, -0.25) is 14.2 Å². The first-order valence-corrected chi connectivity index (χ1v) is 10.9. The molecule has 1 saturated carbocycles. The van der Waals surface area contributed by atoms with Gasteiger partial charge in [0.2, 0.25) is 0 Å². The monoisotopic (exact) mass is 490 g/mol. The standard InChI is InChI=1S/C21H23ClF4N4O3/c22-18-2-1-16(9-19(18)23)32-12-20(31)28-13-3-5-29(6-4-13)15-10-27-30(11-15)14-7-17(8-14)33-21(24,25)26/h1-2,9-11,13-14,17H,3-8,12H2,(H,28,31). The largest absolute Gasteiger partial charge is 0.522 e. The minimum atomic E-state index is -4.61. The molecular weight excluding hydrogens is 468 g/mol. The summed E-state index contributed by atoms with van der Waals surface area (Å²) in [5, 5.41) is 7.19. The molecule has 1 N–H and O–H groups in total. The highest BCUT2D eigenvalue weighted by atomic mass is 35.5. The third kappa shape index (κ3) is 6.29. The van der Waals surface area contributed by atoms with E-state index in [1.165, 1.54) is 12.1 Å². The van der Waals surface area contributed by atoms with E-state index in [2.05, 4.69) is 20.1 Å². The van der Waals surface area contributed by atoms with Crippen LogP contribution in [0.3, 0.4) is 0 Å². The molecule has 1 saturated heterocycles. The average molecular weight is 491 g/mol. The predicted molar refractivity (Wildman–Crippen MR) is 112 cm³/mol. The lowest BCUT2D eigenvalue weighted by Gasteiger charge is -2.35. The van der Waals surface area contributed by atoms with Gasteiger partial charge in [-0.15, -0.1) is 13.2 Å². The molecule has 33 heavy (non-hydrogen) atoms. The lowest BCUT2D eigenvalue weighted by Crippen LogP contribution is -2.46. The van der Waals surface area contributed by atoms with Gasteiger partial charge in [-0.1, -0.05) is 11.6 Å². The molecule has 2 aliphatic rings. The van der Waals surface area contributed by atoms with Crippen molar-refractivity contribution >= 4 is 23.2 Å². The summed E-state index contributed by atoms with van der Waals surface area (Å²) in [6, 6.07) is 3.87. The summed E-state index contributed by atoms with van der Waals surface area (Å²) < 4.78 is 61.2. The van der Waals surface area contributed by atoms with Crippen LogP contribution in [-0.4, -0.2) is 53.9 Å². The lowest BCUT2D eigenvalue weighted by atomic mass is 9.89. The molecule has 7 nitrogen and oxygen atoms in total. The van der Waals surface area contributed by atoms with E-state index in [0.29, 0.717) is 13.1 Å². The zero-order valence-corrected chi connectivity index (χ0v) is 18.3. The van der Waals surface area contributed by atoms with Gasteiger partial charge in [-0.05, 0) is 37.8 Å². The van der Waals surface area contributed by atoms with Crippen LogP contribution in [0, 0.1) is 5.82 Å². The Kier molecular flexibility index (Phi) is 6.99. The Morgan fingerprint density at radius 3 is 2.64 bits per heavy atom. The van der Waals surface area contributed by atoms with E-state index in [-0.39, 0.29) is 48.2 Å². The number of aromatic nitrogens is 2. The second-order valence-corrected chi connectivity index (χ2v) is 8.59. The first-order valence-electron chi connectivity index (χ1n) is 10.6. The Labute approximate surface area is 192 Å². The quantitative estimate of drug-likeness (QED) is 0.592. The fourth-order valence-electron chi connectivity index (χ4n) is 4.00. The van der Waals surface area contributed by atoms with E-state index in [0.717, 1.165) is 24.6 Å². The maximum atomic E-state index is 13.4. The number of nitrogens with one attached hydrogen (secondary N) is 1. The van der Waals surface area contributed by atoms with Gasteiger partial charge >= 0.3 is 6.36 Å². The van der Waals surface area contributed by atoms with Crippen molar-refractivity contribution in [3.63, 3.8) is 0 Å². The van der Waals surface area contributed by atoms with Crippen LogP contribution in [0.2, 0.25) is 5.02 Å². The summed E-state index contributed by atoms with van der Waals surface area (Å²) in [5.74, 6) is -0.684. The molecule has 1 aromatic carbocycles. The molecule has 0 spiro atoms. The topological polar surface area (TPSA) is 68.6 Å². The van der Waals surface area contributed by atoms with Crippen LogP contribution in [0.15, 0.2) is 30.6 Å². The van der Waals surface area contributed by atoms with Gasteiger partial charge in [-0.2, -0.15) is 5.10 Å². The number of benzene rings is 1. The molecule has 4 rings (SSSR count). The van der Waals surface area contributed by atoms with Crippen molar-refractivity contribution in [2.24, 2.45) is 0 Å². The maximum Gasteiger partial charge on any atom is 0.522 e. The van der Waals surface area contributed by atoms with Crippen LogP contribution in [0.1, 0.15) is 31.7 Å². The normalized spacial score (nSPS) is 21.5. The minimum Gasteiger partial charge on any atom is -0.484 e. The second kappa shape index (κ2) is 9.76.